The van der Waals surface area contributed by atoms with Gasteiger partial charge in [0.25, 0.3) is 0 Å². The molecule has 0 unspecified atom stereocenters. The maximum Gasteiger partial charge on any atom is 0.124 e. The lowest BCUT2D eigenvalue weighted by atomic mass is 10.2. The second-order valence-electron chi connectivity index (χ2n) is 4.83. The monoisotopic (exact) mass is 287 g/mol. The summed E-state index contributed by atoms with van der Waals surface area (Å²) < 4.78 is 5.85. The van der Waals surface area contributed by atoms with Gasteiger partial charge in [-0.25, -0.2) is 0 Å². The van der Waals surface area contributed by atoms with Crippen molar-refractivity contribution in [2.75, 3.05) is 11.6 Å². The van der Waals surface area contributed by atoms with Gasteiger partial charge in [0.1, 0.15) is 5.75 Å². The first kappa shape index (κ1) is 14.8. The van der Waals surface area contributed by atoms with Gasteiger partial charge >= 0.3 is 0 Å². The molecule has 0 atom stereocenters. The zero-order valence-corrected chi connectivity index (χ0v) is 13.0. The van der Waals surface area contributed by atoms with Gasteiger partial charge in [-0.2, -0.15) is 0 Å². The van der Waals surface area contributed by atoms with Crippen LogP contribution in [-0.4, -0.2) is 12.4 Å². The summed E-state index contributed by atoms with van der Waals surface area (Å²) in [5.74, 6) is 0.955. The molecule has 0 amide bonds. The minimum absolute atomic E-state index is 0.189. The number of thioether (sulfide) groups is 1. The van der Waals surface area contributed by atoms with Crippen LogP contribution >= 0.6 is 11.8 Å². The smallest absolute Gasteiger partial charge is 0.124 e. The highest BCUT2D eigenvalue weighted by Gasteiger charge is 2.06. The molecule has 0 aliphatic rings. The number of ether oxygens (including phenoxy) is 1. The highest BCUT2D eigenvalue weighted by Crippen LogP contribution is 2.26. The number of benzene rings is 2. The van der Waals surface area contributed by atoms with E-state index in [-0.39, 0.29) is 6.10 Å². The Bertz CT molecular complexity index is 554. The third-order valence-electron chi connectivity index (χ3n) is 2.91. The van der Waals surface area contributed by atoms with Gasteiger partial charge in [0.15, 0.2) is 0 Å². The first-order valence-electron chi connectivity index (χ1n) is 6.82. The fourth-order valence-corrected chi connectivity index (χ4v) is 2.57. The van der Waals surface area contributed by atoms with Crippen molar-refractivity contribution in [2.45, 2.75) is 31.4 Å². The summed E-state index contributed by atoms with van der Waals surface area (Å²) in [6.45, 7) is 4.86. The largest absolute Gasteiger partial charge is 0.491 e. The summed E-state index contributed by atoms with van der Waals surface area (Å²) in [4.78, 5) is 1.26. The standard InChI is InChI=1S/C17H21NOS/c1-13(2)19-16-10-6-4-8-14(16)12-18-15-9-5-7-11-17(15)20-3/h4-11,13,18H,12H2,1-3H3. The molecule has 0 spiro atoms. The first-order valence-corrected chi connectivity index (χ1v) is 8.04. The predicted molar refractivity (Wildman–Crippen MR) is 87.8 cm³/mol. The van der Waals surface area contributed by atoms with E-state index in [1.165, 1.54) is 16.1 Å². The topological polar surface area (TPSA) is 21.3 Å². The number of hydrogen-bond donors (Lipinski definition) is 1. The molecule has 0 aromatic heterocycles. The molecule has 0 fully saturated rings. The lowest BCUT2D eigenvalue weighted by molar-refractivity contribution is 0.240. The van der Waals surface area contributed by atoms with Crippen LogP contribution in [0.4, 0.5) is 5.69 Å². The molecule has 0 heterocycles. The summed E-state index contributed by atoms with van der Waals surface area (Å²) in [7, 11) is 0. The van der Waals surface area contributed by atoms with Gasteiger partial charge in [-0.15, -0.1) is 11.8 Å². The summed E-state index contributed by atoms with van der Waals surface area (Å²) >= 11 is 1.75. The van der Waals surface area contributed by atoms with Crippen molar-refractivity contribution < 1.29 is 4.74 Å². The summed E-state index contributed by atoms with van der Waals surface area (Å²) in [6.07, 6.45) is 2.28. The third-order valence-corrected chi connectivity index (χ3v) is 3.71. The molecule has 0 bridgehead atoms. The Morgan fingerprint density at radius 1 is 1.05 bits per heavy atom. The summed E-state index contributed by atoms with van der Waals surface area (Å²) in [6, 6.07) is 16.5. The van der Waals surface area contributed by atoms with E-state index < -0.39 is 0 Å². The number of rotatable bonds is 6. The molecule has 2 nitrogen and oxygen atoms in total. The Balaban J connectivity index is 2.11. The van der Waals surface area contributed by atoms with Gasteiger partial charge in [0.05, 0.1) is 6.10 Å². The predicted octanol–water partition coefficient (Wildman–Crippen LogP) is 4.81. The van der Waals surface area contributed by atoms with Crippen LogP contribution in [0, 0.1) is 0 Å². The van der Waals surface area contributed by atoms with Crippen LogP contribution < -0.4 is 10.1 Å². The number of nitrogens with one attached hydrogen (secondary N) is 1. The molecule has 0 saturated heterocycles. The zero-order valence-electron chi connectivity index (χ0n) is 12.2. The van der Waals surface area contributed by atoms with Gasteiger partial charge in [0, 0.05) is 22.7 Å². The fraction of sp³-hybridized carbons (Fsp3) is 0.294. The summed E-state index contributed by atoms with van der Waals surface area (Å²) in [5, 5.41) is 3.49. The molecule has 20 heavy (non-hydrogen) atoms. The molecule has 3 heteroatoms. The SMILES string of the molecule is CSc1ccccc1NCc1ccccc1OC(C)C. The Kier molecular flexibility index (Phi) is 5.36. The van der Waals surface area contributed by atoms with E-state index in [1.54, 1.807) is 11.8 Å². The van der Waals surface area contributed by atoms with Gasteiger partial charge in [0.2, 0.25) is 0 Å². The number of anilines is 1. The third kappa shape index (κ3) is 3.94. The number of hydrogen-bond acceptors (Lipinski definition) is 3. The molecule has 2 rings (SSSR count). The molecule has 1 N–H and O–H groups in total. The quantitative estimate of drug-likeness (QED) is 0.771. The van der Waals surface area contributed by atoms with Crippen LogP contribution in [0.2, 0.25) is 0 Å². The Morgan fingerprint density at radius 3 is 2.50 bits per heavy atom. The molecule has 0 aliphatic heterocycles. The van der Waals surface area contributed by atoms with Crippen LogP contribution in [0.25, 0.3) is 0 Å². The van der Waals surface area contributed by atoms with Crippen LogP contribution in [0.3, 0.4) is 0 Å². The first-order chi connectivity index (χ1) is 9.70. The van der Waals surface area contributed by atoms with E-state index in [2.05, 4.69) is 41.9 Å². The van der Waals surface area contributed by atoms with Crippen LogP contribution in [-0.2, 0) is 6.54 Å². The second-order valence-corrected chi connectivity index (χ2v) is 5.68. The molecule has 2 aromatic rings. The van der Waals surface area contributed by atoms with E-state index in [0.717, 1.165) is 12.3 Å². The Hall–Kier alpha value is -1.61. The van der Waals surface area contributed by atoms with Gasteiger partial charge in [-0.1, -0.05) is 30.3 Å². The number of para-hydroxylation sites is 2. The molecule has 2 aromatic carbocycles. The average molecular weight is 287 g/mol. The Morgan fingerprint density at radius 2 is 1.75 bits per heavy atom. The van der Waals surface area contributed by atoms with Crippen molar-refractivity contribution in [3.8, 4) is 5.75 Å². The Labute approximate surface area is 125 Å². The highest BCUT2D eigenvalue weighted by molar-refractivity contribution is 7.98. The molecule has 0 saturated carbocycles. The van der Waals surface area contributed by atoms with Gasteiger partial charge < -0.3 is 10.1 Å². The molecular weight excluding hydrogens is 266 g/mol. The van der Waals surface area contributed by atoms with Crippen molar-refractivity contribution >= 4 is 17.4 Å². The van der Waals surface area contributed by atoms with E-state index in [0.29, 0.717) is 0 Å². The van der Waals surface area contributed by atoms with E-state index in [1.807, 2.05) is 32.0 Å². The maximum absolute atomic E-state index is 5.85. The van der Waals surface area contributed by atoms with Crippen LogP contribution in [0.15, 0.2) is 53.4 Å². The molecule has 106 valence electrons. The van der Waals surface area contributed by atoms with Crippen molar-refractivity contribution in [1.29, 1.82) is 0 Å². The highest BCUT2D eigenvalue weighted by atomic mass is 32.2. The lowest BCUT2D eigenvalue weighted by Gasteiger charge is -2.16. The van der Waals surface area contributed by atoms with Crippen molar-refractivity contribution in [3.63, 3.8) is 0 Å². The zero-order chi connectivity index (χ0) is 14.4. The van der Waals surface area contributed by atoms with Crippen molar-refractivity contribution in [2.24, 2.45) is 0 Å². The summed E-state index contributed by atoms with van der Waals surface area (Å²) in [5.41, 5.74) is 2.34. The van der Waals surface area contributed by atoms with Gasteiger partial charge in [-0.3, -0.25) is 0 Å². The average Bonchev–Trinajstić information content (AvgIpc) is 2.46. The molecule has 0 radical (unpaired) electrons. The molecule has 0 aliphatic carbocycles. The fourth-order valence-electron chi connectivity index (χ4n) is 2.00. The van der Waals surface area contributed by atoms with E-state index >= 15 is 0 Å². The van der Waals surface area contributed by atoms with Crippen molar-refractivity contribution in [3.05, 3.63) is 54.1 Å². The van der Waals surface area contributed by atoms with Crippen LogP contribution in [0.1, 0.15) is 19.4 Å². The van der Waals surface area contributed by atoms with E-state index in [9.17, 15) is 0 Å². The normalized spacial score (nSPS) is 10.6. The minimum atomic E-state index is 0.189. The lowest BCUT2D eigenvalue weighted by Crippen LogP contribution is -2.09. The maximum atomic E-state index is 5.85. The second kappa shape index (κ2) is 7.25. The van der Waals surface area contributed by atoms with Crippen molar-refractivity contribution in [1.82, 2.24) is 0 Å². The minimum Gasteiger partial charge on any atom is -0.491 e. The van der Waals surface area contributed by atoms with Gasteiger partial charge in [-0.05, 0) is 38.3 Å². The van der Waals surface area contributed by atoms with Crippen LogP contribution in [0.5, 0.6) is 5.75 Å². The van der Waals surface area contributed by atoms with E-state index in [4.69, 9.17) is 4.74 Å². The molecular formula is C17H21NOS.